The molecule has 1 atom stereocenters. The van der Waals surface area contributed by atoms with Gasteiger partial charge < -0.3 is 10.6 Å². The summed E-state index contributed by atoms with van der Waals surface area (Å²) in [7, 11) is 0. The first kappa shape index (κ1) is 16.3. The van der Waals surface area contributed by atoms with Crippen LogP contribution in [-0.2, 0) is 4.79 Å². The summed E-state index contributed by atoms with van der Waals surface area (Å²) in [4.78, 5) is 21.4. The summed E-state index contributed by atoms with van der Waals surface area (Å²) < 4.78 is 1.68. The molecule has 1 amide bonds. The first-order chi connectivity index (χ1) is 12.6. The third-order valence-corrected chi connectivity index (χ3v) is 4.38. The second-order valence-electron chi connectivity index (χ2n) is 5.82. The summed E-state index contributed by atoms with van der Waals surface area (Å²) in [5, 5.41) is 10.9. The maximum absolute atomic E-state index is 13.0. The van der Waals surface area contributed by atoms with Crippen LogP contribution in [0.4, 0.5) is 11.8 Å². The number of carbonyl (C=O) groups excluding carboxylic acids is 1. The van der Waals surface area contributed by atoms with E-state index in [0.717, 1.165) is 5.56 Å². The van der Waals surface area contributed by atoms with E-state index in [9.17, 15) is 4.79 Å². The lowest BCUT2D eigenvalue weighted by Gasteiger charge is -2.28. The number of nitrogens with zero attached hydrogens (tertiary/aromatic N) is 4. The molecule has 0 spiro atoms. The fourth-order valence-corrected chi connectivity index (χ4v) is 3.08. The van der Waals surface area contributed by atoms with Crippen molar-refractivity contribution in [2.24, 2.45) is 0 Å². The molecule has 0 saturated heterocycles. The minimum Gasteiger partial charge on any atom is -0.328 e. The summed E-state index contributed by atoms with van der Waals surface area (Å²) in [5.74, 6) is 0.809. The molecule has 0 aliphatic carbocycles. The molecular weight excluding hydrogens is 352 g/mol. The van der Waals surface area contributed by atoms with Crippen molar-refractivity contribution >= 4 is 29.3 Å². The summed E-state index contributed by atoms with van der Waals surface area (Å²) in [5.41, 5.74) is 2.13. The van der Waals surface area contributed by atoms with Crippen molar-refractivity contribution < 1.29 is 4.79 Å². The Labute approximate surface area is 154 Å². The zero-order valence-corrected chi connectivity index (χ0v) is 14.6. The number of hydrogen-bond acceptors (Lipinski definition) is 5. The summed E-state index contributed by atoms with van der Waals surface area (Å²) in [6.45, 7) is 1.84. The Morgan fingerprint density at radius 3 is 2.73 bits per heavy atom. The first-order valence-electron chi connectivity index (χ1n) is 7.98. The van der Waals surface area contributed by atoms with Gasteiger partial charge in [-0.05, 0) is 36.8 Å². The number of carbonyl (C=O) groups is 1. The lowest BCUT2D eigenvalue weighted by Crippen LogP contribution is -2.31. The molecule has 7 nitrogen and oxygen atoms in total. The number of amides is 1. The number of halogens is 1. The molecule has 0 bridgehead atoms. The quantitative estimate of drug-likeness (QED) is 0.743. The predicted molar refractivity (Wildman–Crippen MR) is 98.8 cm³/mol. The minimum atomic E-state index is -0.422. The van der Waals surface area contributed by atoms with Crippen LogP contribution < -0.4 is 10.6 Å². The van der Waals surface area contributed by atoms with E-state index in [4.69, 9.17) is 11.6 Å². The number of rotatable bonds is 3. The summed E-state index contributed by atoms with van der Waals surface area (Å²) in [6.07, 6.45) is 3.08. The van der Waals surface area contributed by atoms with Crippen LogP contribution in [0.1, 0.15) is 18.5 Å². The SMILES string of the molecule is CC1=C(C(=O)Nc2ccccn2)[C@H](c2ccc(Cl)cc2)n2ncnc2N1. The van der Waals surface area contributed by atoms with Gasteiger partial charge in [-0.1, -0.05) is 29.8 Å². The average molecular weight is 367 g/mol. The second-order valence-corrected chi connectivity index (χ2v) is 6.25. The number of benzene rings is 1. The van der Waals surface area contributed by atoms with Gasteiger partial charge in [-0.3, -0.25) is 4.79 Å². The monoisotopic (exact) mass is 366 g/mol. The van der Waals surface area contributed by atoms with Crippen molar-refractivity contribution in [1.82, 2.24) is 19.7 Å². The van der Waals surface area contributed by atoms with Gasteiger partial charge >= 0.3 is 0 Å². The van der Waals surface area contributed by atoms with Gasteiger partial charge in [0.2, 0.25) is 5.95 Å². The molecule has 3 heterocycles. The zero-order chi connectivity index (χ0) is 18.1. The summed E-state index contributed by atoms with van der Waals surface area (Å²) in [6, 6.07) is 12.3. The maximum atomic E-state index is 13.0. The molecule has 130 valence electrons. The Balaban J connectivity index is 1.77. The number of hydrogen-bond donors (Lipinski definition) is 2. The number of fused-ring (bicyclic) bond motifs is 1. The van der Waals surface area contributed by atoms with Crippen LogP contribution in [0.25, 0.3) is 0 Å². The van der Waals surface area contributed by atoms with Gasteiger partial charge in [0.1, 0.15) is 18.2 Å². The number of nitrogens with one attached hydrogen (secondary N) is 2. The Morgan fingerprint density at radius 2 is 2.00 bits per heavy atom. The molecule has 0 radical (unpaired) electrons. The van der Waals surface area contributed by atoms with E-state index in [0.29, 0.717) is 28.1 Å². The van der Waals surface area contributed by atoms with Gasteiger partial charge in [-0.15, -0.1) is 0 Å². The van der Waals surface area contributed by atoms with Gasteiger partial charge in [-0.25, -0.2) is 9.67 Å². The lowest BCUT2D eigenvalue weighted by molar-refractivity contribution is -0.113. The molecule has 26 heavy (non-hydrogen) atoms. The molecule has 0 saturated carbocycles. The van der Waals surface area contributed by atoms with Crippen LogP contribution in [0, 0.1) is 0 Å². The number of allylic oxidation sites excluding steroid dienone is 1. The highest BCUT2D eigenvalue weighted by Gasteiger charge is 2.33. The molecule has 4 rings (SSSR count). The normalized spacial score (nSPS) is 16.0. The van der Waals surface area contributed by atoms with E-state index in [1.165, 1.54) is 6.33 Å². The fourth-order valence-electron chi connectivity index (χ4n) is 2.96. The maximum Gasteiger partial charge on any atom is 0.257 e. The van der Waals surface area contributed by atoms with Crippen molar-refractivity contribution in [2.45, 2.75) is 13.0 Å². The van der Waals surface area contributed by atoms with Crippen LogP contribution in [0.5, 0.6) is 0 Å². The molecule has 2 N–H and O–H groups in total. The Bertz CT molecular complexity index is 980. The van der Waals surface area contributed by atoms with Crippen molar-refractivity contribution in [3.8, 4) is 0 Å². The minimum absolute atomic E-state index is 0.255. The van der Waals surface area contributed by atoms with Crippen LogP contribution in [-0.4, -0.2) is 25.7 Å². The molecular formula is C18H15ClN6O. The first-order valence-corrected chi connectivity index (χ1v) is 8.36. The third-order valence-electron chi connectivity index (χ3n) is 4.13. The second kappa shape index (κ2) is 6.61. The fraction of sp³-hybridized carbons (Fsp3) is 0.111. The van der Waals surface area contributed by atoms with Gasteiger partial charge in [0, 0.05) is 16.9 Å². The van der Waals surface area contributed by atoms with Gasteiger partial charge in [0.05, 0.1) is 5.57 Å². The van der Waals surface area contributed by atoms with Crippen molar-refractivity contribution in [3.63, 3.8) is 0 Å². The van der Waals surface area contributed by atoms with Crippen LogP contribution in [0.3, 0.4) is 0 Å². The number of anilines is 2. The molecule has 0 unspecified atom stereocenters. The van der Waals surface area contributed by atoms with E-state index in [1.54, 1.807) is 35.1 Å². The van der Waals surface area contributed by atoms with Crippen molar-refractivity contribution in [1.29, 1.82) is 0 Å². The molecule has 2 aromatic heterocycles. The van der Waals surface area contributed by atoms with E-state index in [1.807, 2.05) is 25.1 Å². The van der Waals surface area contributed by atoms with Gasteiger partial charge in [0.15, 0.2) is 0 Å². The molecule has 0 fully saturated rings. The highest BCUT2D eigenvalue weighted by atomic mass is 35.5. The van der Waals surface area contributed by atoms with Crippen molar-refractivity contribution in [2.75, 3.05) is 10.6 Å². The largest absolute Gasteiger partial charge is 0.328 e. The molecule has 8 heteroatoms. The van der Waals surface area contributed by atoms with Gasteiger partial charge in [0.25, 0.3) is 5.91 Å². The topological polar surface area (TPSA) is 84.7 Å². The summed E-state index contributed by atoms with van der Waals surface area (Å²) >= 11 is 6.02. The van der Waals surface area contributed by atoms with Gasteiger partial charge in [-0.2, -0.15) is 10.1 Å². The smallest absolute Gasteiger partial charge is 0.257 e. The number of aromatic nitrogens is 4. The molecule has 1 aliphatic heterocycles. The molecule has 1 aromatic carbocycles. The van der Waals surface area contributed by atoms with Crippen LogP contribution >= 0.6 is 11.6 Å². The Morgan fingerprint density at radius 1 is 1.19 bits per heavy atom. The van der Waals surface area contributed by atoms with E-state index in [2.05, 4.69) is 25.7 Å². The zero-order valence-electron chi connectivity index (χ0n) is 13.8. The highest BCUT2D eigenvalue weighted by Crippen LogP contribution is 2.35. The Kier molecular flexibility index (Phi) is 4.14. The predicted octanol–water partition coefficient (Wildman–Crippen LogP) is 3.25. The Hall–Kier alpha value is -3.19. The van der Waals surface area contributed by atoms with E-state index < -0.39 is 6.04 Å². The standard InChI is InChI=1S/C18H15ClN6O/c1-11-15(17(26)24-14-4-2-3-9-20-14)16(12-5-7-13(19)8-6-12)25-18(23-11)21-10-22-25/h2-10,16H,1H3,(H,20,24,26)(H,21,22,23)/t16-/m0/s1. The molecule has 3 aromatic rings. The van der Waals surface area contributed by atoms with E-state index in [-0.39, 0.29) is 5.91 Å². The van der Waals surface area contributed by atoms with Crippen LogP contribution in [0.2, 0.25) is 5.02 Å². The lowest BCUT2D eigenvalue weighted by atomic mass is 9.95. The third kappa shape index (κ3) is 2.93. The van der Waals surface area contributed by atoms with Crippen molar-refractivity contribution in [3.05, 3.63) is 76.8 Å². The van der Waals surface area contributed by atoms with E-state index >= 15 is 0 Å². The number of pyridine rings is 1. The highest BCUT2D eigenvalue weighted by molar-refractivity contribution is 6.30. The van der Waals surface area contributed by atoms with Crippen LogP contribution in [0.15, 0.2) is 66.3 Å². The average Bonchev–Trinajstić information content (AvgIpc) is 3.10. The molecule has 1 aliphatic rings.